The van der Waals surface area contributed by atoms with E-state index in [-0.39, 0.29) is 29.8 Å². The largest absolute Gasteiger partial charge is 0.393 e. The standard InChI is InChI=1S/C29H32ClFIN3O3/c30-16-7-12-20-22(15-16)34-27(38)29(20)23(19-5-4-6-21(32)24(19)31)25(35-28(29)13-2-1-3-14-28)26(37)33-17-8-10-18(36)11-9-17/h4-7,12,15,17-18,23,25,35-36H,1-3,8-11,13-14H2,(H,33,37)(H,34,38)/t17?,18?,23-,25+,29+/m0/s1. The number of halogens is 3. The smallest absolute Gasteiger partial charge is 0.238 e. The van der Waals surface area contributed by atoms with Crippen molar-refractivity contribution < 1.29 is 19.1 Å². The second kappa shape index (κ2) is 10.0. The van der Waals surface area contributed by atoms with Gasteiger partial charge in [0.25, 0.3) is 0 Å². The van der Waals surface area contributed by atoms with Gasteiger partial charge in [0.2, 0.25) is 11.8 Å². The lowest BCUT2D eigenvalue weighted by molar-refractivity contribution is -0.125. The van der Waals surface area contributed by atoms with E-state index in [1.54, 1.807) is 30.3 Å². The Hall–Kier alpha value is -1.75. The number of nitrogens with one attached hydrogen (secondary N) is 3. The van der Waals surface area contributed by atoms with Crippen molar-refractivity contribution in [3.8, 4) is 0 Å². The maximum atomic E-state index is 16.0. The SMILES string of the molecule is O=C(NC1CCC(O)CC1)[C@@H]1NC2(CCCCC2)[C@@]2(C(=O)Nc3cc(Cl)ccc32)[C@H]1c1cccc(I)c1F. The molecule has 2 saturated carbocycles. The highest BCUT2D eigenvalue weighted by atomic mass is 127. The van der Waals surface area contributed by atoms with E-state index in [1.165, 1.54) is 0 Å². The van der Waals surface area contributed by atoms with Crippen LogP contribution in [-0.2, 0) is 15.0 Å². The van der Waals surface area contributed by atoms with E-state index in [1.807, 2.05) is 28.7 Å². The summed E-state index contributed by atoms with van der Waals surface area (Å²) in [5.41, 5.74) is -0.0988. The van der Waals surface area contributed by atoms with Gasteiger partial charge in [0.15, 0.2) is 0 Å². The first kappa shape index (κ1) is 26.5. The molecule has 4 N–H and O–H groups in total. The van der Waals surface area contributed by atoms with E-state index in [2.05, 4.69) is 16.0 Å². The number of aliphatic hydroxyl groups excluding tert-OH is 1. The van der Waals surface area contributed by atoms with Crippen LogP contribution in [0.5, 0.6) is 0 Å². The molecule has 0 unspecified atom stereocenters. The summed E-state index contributed by atoms with van der Waals surface area (Å²) >= 11 is 8.31. The fourth-order valence-corrected chi connectivity index (χ4v) is 8.42. The second-order valence-corrected chi connectivity index (χ2v) is 13.0. The molecule has 2 amide bonds. The van der Waals surface area contributed by atoms with Crippen LogP contribution in [0.15, 0.2) is 36.4 Å². The molecule has 3 atom stereocenters. The molecule has 202 valence electrons. The predicted octanol–water partition coefficient (Wildman–Crippen LogP) is 5.15. The lowest BCUT2D eigenvalue weighted by Crippen LogP contribution is -2.60. The Morgan fingerprint density at radius 1 is 1.11 bits per heavy atom. The Morgan fingerprint density at radius 2 is 1.84 bits per heavy atom. The fourth-order valence-electron chi connectivity index (χ4n) is 7.73. The Morgan fingerprint density at radius 3 is 2.58 bits per heavy atom. The average Bonchev–Trinajstić information content (AvgIpc) is 3.35. The highest BCUT2D eigenvalue weighted by Gasteiger charge is 2.72. The second-order valence-electron chi connectivity index (χ2n) is 11.4. The van der Waals surface area contributed by atoms with Crippen LogP contribution in [0, 0.1) is 9.39 Å². The van der Waals surface area contributed by atoms with Crippen molar-refractivity contribution in [2.24, 2.45) is 0 Å². The number of rotatable bonds is 3. The van der Waals surface area contributed by atoms with E-state index < -0.39 is 22.9 Å². The molecule has 0 bridgehead atoms. The molecule has 2 aromatic rings. The summed E-state index contributed by atoms with van der Waals surface area (Å²) in [5, 5.41) is 20.4. The highest BCUT2D eigenvalue weighted by molar-refractivity contribution is 14.1. The van der Waals surface area contributed by atoms with Gasteiger partial charge in [-0.1, -0.05) is 49.1 Å². The van der Waals surface area contributed by atoms with Crippen LogP contribution in [0.25, 0.3) is 0 Å². The van der Waals surface area contributed by atoms with Gasteiger partial charge in [0.1, 0.15) is 11.2 Å². The van der Waals surface area contributed by atoms with Gasteiger partial charge in [-0.05, 0) is 90.4 Å². The summed E-state index contributed by atoms with van der Waals surface area (Å²) in [4.78, 5) is 28.4. The first-order valence-electron chi connectivity index (χ1n) is 13.6. The van der Waals surface area contributed by atoms with Gasteiger partial charge in [-0.2, -0.15) is 0 Å². The molecule has 4 aliphatic rings. The van der Waals surface area contributed by atoms with Gasteiger partial charge in [0.05, 0.1) is 12.1 Å². The Bertz CT molecular complexity index is 1280. The normalized spacial score (nSPS) is 31.8. The third kappa shape index (κ3) is 4.00. The minimum Gasteiger partial charge on any atom is -0.393 e. The van der Waals surface area contributed by atoms with Crippen LogP contribution in [0.3, 0.4) is 0 Å². The molecule has 38 heavy (non-hydrogen) atoms. The fraction of sp³-hybridized carbons (Fsp3) is 0.517. The van der Waals surface area contributed by atoms with E-state index in [4.69, 9.17) is 11.6 Å². The van der Waals surface area contributed by atoms with E-state index in [0.717, 1.165) is 24.8 Å². The molecule has 3 fully saturated rings. The topological polar surface area (TPSA) is 90.5 Å². The van der Waals surface area contributed by atoms with Crippen molar-refractivity contribution in [3.05, 3.63) is 61.9 Å². The van der Waals surface area contributed by atoms with Crippen LogP contribution in [0.4, 0.5) is 10.1 Å². The molecule has 2 aliphatic carbocycles. The van der Waals surface area contributed by atoms with Crippen LogP contribution in [0.1, 0.15) is 74.8 Å². The van der Waals surface area contributed by atoms with Gasteiger partial charge >= 0.3 is 0 Å². The van der Waals surface area contributed by atoms with Crippen molar-refractivity contribution in [1.29, 1.82) is 0 Å². The third-order valence-electron chi connectivity index (χ3n) is 9.35. The quantitative estimate of drug-likeness (QED) is 0.346. The number of fused-ring (bicyclic) bond motifs is 3. The maximum absolute atomic E-state index is 16.0. The number of carbonyl (C=O) groups excluding carboxylic acids is 2. The average molecular weight is 652 g/mol. The number of amides is 2. The Balaban J connectivity index is 1.53. The monoisotopic (exact) mass is 651 g/mol. The summed E-state index contributed by atoms with van der Waals surface area (Å²) < 4.78 is 16.5. The molecule has 2 aliphatic heterocycles. The molecule has 0 radical (unpaired) electrons. The van der Waals surface area contributed by atoms with Crippen LogP contribution in [0.2, 0.25) is 5.02 Å². The lowest BCUT2D eigenvalue weighted by Gasteiger charge is -2.47. The summed E-state index contributed by atoms with van der Waals surface area (Å²) in [5.74, 6) is -1.57. The highest BCUT2D eigenvalue weighted by Crippen LogP contribution is 2.62. The number of anilines is 1. The Labute approximate surface area is 240 Å². The molecule has 9 heteroatoms. The zero-order valence-corrected chi connectivity index (χ0v) is 23.9. The number of benzene rings is 2. The number of carbonyl (C=O) groups is 2. The minimum absolute atomic E-state index is 0.0588. The third-order valence-corrected chi connectivity index (χ3v) is 10.4. The minimum atomic E-state index is -1.18. The molecule has 2 spiro atoms. The maximum Gasteiger partial charge on any atom is 0.238 e. The lowest BCUT2D eigenvalue weighted by atomic mass is 9.55. The van der Waals surface area contributed by atoms with E-state index in [0.29, 0.717) is 58.4 Å². The number of aliphatic hydroxyl groups is 1. The number of hydrogen-bond acceptors (Lipinski definition) is 4. The van der Waals surface area contributed by atoms with Gasteiger partial charge < -0.3 is 15.7 Å². The Kier molecular flexibility index (Phi) is 6.98. The summed E-state index contributed by atoms with van der Waals surface area (Å²) in [6, 6.07) is 9.78. The van der Waals surface area contributed by atoms with Gasteiger partial charge in [0, 0.05) is 31.8 Å². The van der Waals surface area contributed by atoms with Crippen LogP contribution >= 0.6 is 34.2 Å². The number of hydrogen-bond donors (Lipinski definition) is 4. The molecular weight excluding hydrogens is 620 g/mol. The van der Waals surface area contributed by atoms with Crippen LogP contribution in [-0.4, -0.2) is 40.6 Å². The van der Waals surface area contributed by atoms with Crippen molar-refractivity contribution in [3.63, 3.8) is 0 Å². The summed E-state index contributed by atoms with van der Waals surface area (Å²) in [6.45, 7) is 0. The first-order valence-corrected chi connectivity index (χ1v) is 15.0. The van der Waals surface area contributed by atoms with Crippen molar-refractivity contribution in [2.45, 2.75) is 92.8 Å². The van der Waals surface area contributed by atoms with Crippen molar-refractivity contribution in [1.82, 2.24) is 10.6 Å². The van der Waals surface area contributed by atoms with Gasteiger partial charge in [-0.3, -0.25) is 14.9 Å². The van der Waals surface area contributed by atoms with Gasteiger partial charge in [-0.15, -0.1) is 0 Å². The van der Waals surface area contributed by atoms with Gasteiger partial charge in [-0.25, -0.2) is 4.39 Å². The predicted molar refractivity (Wildman–Crippen MR) is 153 cm³/mol. The molecule has 1 saturated heterocycles. The van der Waals surface area contributed by atoms with Crippen molar-refractivity contribution >= 4 is 51.7 Å². The summed E-state index contributed by atoms with van der Waals surface area (Å²) in [6.07, 6.45) is 6.65. The molecule has 6 nitrogen and oxygen atoms in total. The van der Waals surface area contributed by atoms with E-state index in [9.17, 15) is 14.7 Å². The molecule has 2 heterocycles. The van der Waals surface area contributed by atoms with E-state index >= 15 is 4.39 Å². The first-order chi connectivity index (χ1) is 18.3. The zero-order valence-electron chi connectivity index (χ0n) is 21.0. The molecule has 0 aromatic heterocycles. The van der Waals surface area contributed by atoms with Crippen LogP contribution < -0.4 is 16.0 Å². The zero-order chi connectivity index (χ0) is 26.7. The summed E-state index contributed by atoms with van der Waals surface area (Å²) in [7, 11) is 0. The molecule has 6 rings (SSSR count). The molecular formula is C29H32ClFIN3O3. The molecule has 2 aromatic carbocycles. The van der Waals surface area contributed by atoms with Crippen molar-refractivity contribution in [2.75, 3.05) is 5.32 Å².